The monoisotopic (exact) mass is 278 g/mol. The van der Waals surface area contributed by atoms with Crippen molar-refractivity contribution in [1.82, 2.24) is 0 Å². The van der Waals surface area contributed by atoms with Gasteiger partial charge < -0.3 is 32.8 Å². The Morgan fingerprint density at radius 1 is 1.08 bits per heavy atom. The minimum Gasteiger partial charge on any atom is -1.00 e. The summed E-state index contributed by atoms with van der Waals surface area (Å²) in [6.45, 7) is 11.9. The van der Waals surface area contributed by atoms with Crippen LogP contribution in [0.1, 0.15) is 27.7 Å². The normalized spacial score (nSPS) is 10.2. The molecule has 5 heteroatoms. The molecule has 0 radical (unpaired) electrons. The third-order valence-corrected chi connectivity index (χ3v) is 3.25. The first-order chi connectivity index (χ1) is 5.06. The molecule has 0 aliphatic heterocycles. The van der Waals surface area contributed by atoms with Gasteiger partial charge in [-0.2, -0.15) is 0 Å². The second-order valence-electron chi connectivity index (χ2n) is 3.09. The van der Waals surface area contributed by atoms with E-state index in [1.165, 1.54) is 0 Å². The van der Waals surface area contributed by atoms with Crippen molar-refractivity contribution in [3.63, 3.8) is 0 Å². The fraction of sp³-hybridized carbons (Fsp3) is 0.875. The maximum Gasteiger partial charge on any atom is 2.00 e. The molecule has 0 spiro atoms. The predicted octanol–water partition coefficient (Wildman–Crippen LogP) is -1.49. The topological polar surface area (TPSA) is 18.5 Å². The van der Waals surface area contributed by atoms with E-state index in [-0.39, 0.29) is 52.2 Å². The van der Waals surface area contributed by atoms with Gasteiger partial charge in [-0.15, -0.1) is 6.04 Å². The van der Waals surface area contributed by atoms with E-state index in [0.29, 0.717) is 0 Å². The molecule has 0 aromatic heterocycles. The Balaban J connectivity index is -0.000000500. The molecule has 2 nitrogen and oxygen atoms in total. The second kappa shape index (κ2) is 11.5. The van der Waals surface area contributed by atoms with Gasteiger partial charge >= 0.3 is 23.1 Å². The fourth-order valence-corrected chi connectivity index (χ4v) is 2.33. The molecule has 0 amide bonds. The van der Waals surface area contributed by atoms with E-state index in [9.17, 15) is 0 Å². The van der Waals surface area contributed by atoms with Crippen LogP contribution < -0.4 is 17.0 Å². The molecule has 0 fully saturated rings. The zero-order valence-corrected chi connectivity index (χ0v) is 13.2. The number of hydrogen-bond acceptors (Lipinski definition) is 2. The van der Waals surface area contributed by atoms with Gasteiger partial charge in [-0.05, 0) is 27.7 Å². The van der Waals surface area contributed by atoms with Crippen molar-refractivity contribution in [3.8, 4) is 0 Å². The van der Waals surface area contributed by atoms with Crippen LogP contribution in [0.2, 0.25) is 6.04 Å². The van der Waals surface area contributed by atoms with E-state index < -0.39 is 9.28 Å². The van der Waals surface area contributed by atoms with Crippen LogP contribution in [-0.2, 0) is 8.85 Å². The van der Waals surface area contributed by atoms with Gasteiger partial charge in [0.15, 0.2) is 0 Å². The van der Waals surface area contributed by atoms with Crippen molar-refractivity contribution < 1.29 is 25.8 Å². The van der Waals surface area contributed by atoms with Gasteiger partial charge in [-0.1, -0.05) is 0 Å². The molecule has 0 N–H and O–H groups in total. The van der Waals surface area contributed by atoms with Crippen molar-refractivity contribution in [1.29, 1.82) is 0 Å². The minimum absolute atomic E-state index is 0. The van der Waals surface area contributed by atoms with Crippen LogP contribution in [0.4, 0.5) is 0 Å². The molecule has 0 unspecified atom stereocenters. The fourth-order valence-electron chi connectivity index (χ4n) is 0.775. The Kier molecular flexibility index (Phi) is 17.5. The summed E-state index contributed by atoms with van der Waals surface area (Å²) in [5, 5.41) is 0. The van der Waals surface area contributed by atoms with Crippen molar-refractivity contribution in [2.45, 2.75) is 45.9 Å². The minimum atomic E-state index is -1.44. The molecule has 0 atom stereocenters. The van der Waals surface area contributed by atoms with E-state index in [4.69, 9.17) is 8.85 Å². The van der Waals surface area contributed by atoms with Crippen molar-refractivity contribution in [2.75, 3.05) is 0 Å². The Bertz CT molecular complexity index is 94.1. The zero-order chi connectivity index (χ0) is 8.85. The van der Waals surface area contributed by atoms with Crippen LogP contribution >= 0.6 is 0 Å². The molecule has 0 bridgehead atoms. The molecular formula is C8H19BrMgO2Si. The van der Waals surface area contributed by atoms with E-state index in [1.54, 1.807) is 0 Å². The van der Waals surface area contributed by atoms with Crippen LogP contribution in [0, 0.1) is 6.92 Å². The first-order valence-corrected chi connectivity index (χ1v) is 5.92. The largest absolute Gasteiger partial charge is 2.00 e. The van der Waals surface area contributed by atoms with Crippen molar-refractivity contribution in [2.24, 2.45) is 0 Å². The van der Waals surface area contributed by atoms with Gasteiger partial charge in [0.05, 0.1) is 0 Å². The average Bonchev–Trinajstić information content (AvgIpc) is 1.84. The van der Waals surface area contributed by atoms with Gasteiger partial charge in [0.2, 0.25) is 0 Å². The van der Waals surface area contributed by atoms with E-state index >= 15 is 0 Å². The maximum atomic E-state index is 5.56. The van der Waals surface area contributed by atoms with E-state index in [0.717, 1.165) is 6.04 Å². The summed E-state index contributed by atoms with van der Waals surface area (Å²) < 4.78 is 11.1. The molecule has 0 heterocycles. The molecule has 0 saturated carbocycles. The second-order valence-corrected chi connectivity index (χ2v) is 5.07. The third-order valence-electron chi connectivity index (χ3n) is 1.08. The third kappa shape index (κ3) is 13.4. The molecule has 0 rings (SSSR count). The van der Waals surface area contributed by atoms with Crippen molar-refractivity contribution >= 4 is 32.3 Å². The first kappa shape index (κ1) is 19.9. The Morgan fingerprint density at radius 3 is 1.54 bits per heavy atom. The summed E-state index contributed by atoms with van der Waals surface area (Å²) in [5.74, 6) is 0. The summed E-state index contributed by atoms with van der Waals surface area (Å²) >= 11 is 0. The van der Waals surface area contributed by atoms with Crippen LogP contribution in [0.3, 0.4) is 0 Å². The summed E-state index contributed by atoms with van der Waals surface area (Å²) in [4.78, 5) is 0. The SMILES string of the molecule is [Br-].[CH2-]C[SiH](OC(C)C)OC(C)C.[Mg+2]. The van der Waals surface area contributed by atoms with Crippen molar-refractivity contribution in [3.05, 3.63) is 6.92 Å². The van der Waals surface area contributed by atoms with E-state index in [1.807, 2.05) is 27.7 Å². The molecule has 0 aromatic rings. The molecule has 76 valence electrons. The van der Waals surface area contributed by atoms with Gasteiger partial charge in [0, 0.05) is 12.2 Å². The smallest absolute Gasteiger partial charge is 1.00 e. The molecule has 0 saturated heterocycles. The Hall–Kier alpha value is 1.38. The molecule has 0 aromatic carbocycles. The zero-order valence-electron chi connectivity index (χ0n) is 9.05. The number of hydrogen-bond donors (Lipinski definition) is 0. The molecular weight excluding hydrogens is 260 g/mol. The number of halogens is 1. The average molecular weight is 280 g/mol. The Labute approximate surface area is 111 Å². The summed E-state index contributed by atoms with van der Waals surface area (Å²) in [7, 11) is -1.44. The van der Waals surface area contributed by atoms with Crippen LogP contribution in [0.15, 0.2) is 0 Å². The van der Waals surface area contributed by atoms with Gasteiger partial charge in [0.1, 0.15) is 0 Å². The predicted molar refractivity (Wildman–Crippen MR) is 55.5 cm³/mol. The molecule has 13 heavy (non-hydrogen) atoms. The molecule has 0 aliphatic rings. The maximum absolute atomic E-state index is 5.56. The first-order valence-electron chi connectivity index (χ1n) is 4.16. The van der Waals surface area contributed by atoms with Gasteiger partial charge in [0.25, 0.3) is 9.28 Å². The van der Waals surface area contributed by atoms with Crippen LogP contribution in [-0.4, -0.2) is 44.5 Å². The standard InChI is InChI=1S/C8H19O2Si.BrH.Mg/c1-6-11(9-7(2)3)10-8(4)5;;/h7-8,11H,1,6H2,2-5H3;1H;/q-1;;+2/p-1. The molecule has 0 aliphatic carbocycles. The summed E-state index contributed by atoms with van der Waals surface area (Å²) in [5.41, 5.74) is 0. The van der Waals surface area contributed by atoms with Gasteiger partial charge in [-0.3, -0.25) is 0 Å². The quantitative estimate of drug-likeness (QED) is 0.451. The summed E-state index contributed by atoms with van der Waals surface area (Å²) in [6, 6.07) is 0.802. The van der Waals surface area contributed by atoms with Crippen LogP contribution in [0.25, 0.3) is 0 Å². The Morgan fingerprint density at radius 2 is 1.38 bits per heavy atom. The number of rotatable bonds is 5. The van der Waals surface area contributed by atoms with Crippen LogP contribution in [0.5, 0.6) is 0 Å². The van der Waals surface area contributed by atoms with Gasteiger partial charge in [-0.25, -0.2) is 0 Å². The van der Waals surface area contributed by atoms with E-state index in [2.05, 4.69) is 6.92 Å². The summed E-state index contributed by atoms with van der Waals surface area (Å²) in [6.07, 6.45) is 0.541.